The van der Waals surface area contributed by atoms with Crippen molar-refractivity contribution < 1.29 is 4.39 Å². The van der Waals surface area contributed by atoms with Crippen LogP contribution in [0.15, 0.2) is 30.3 Å². The number of unbranched alkanes of at least 4 members (excludes halogenated alkanes) is 1. The summed E-state index contributed by atoms with van der Waals surface area (Å²) in [6, 6.07) is 8.83. The Morgan fingerprint density at radius 3 is 2.35 bits per heavy atom. The predicted octanol–water partition coefficient (Wildman–Crippen LogP) is 3.49. The first-order valence-corrected chi connectivity index (χ1v) is 9.39. The highest BCUT2D eigenvalue weighted by molar-refractivity contribution is 5.53. The molecule has 5 nitrogen and oxygen atoms in total. The molecule has 140 valence electrons. The molecule has 1 saturated heterocycles. The zero-order valence-electron chi connectivity index (χ0n) is 16.0. The van der Waals surface area contributed by atoms with Crippen molar-refractivity contribution in [2.45, 2.75) is 26.7 Å². The second kappa shape index (κ2) is 8.34. The monoisotopic (exact) mass is 357 g/mol. The fraction of sp³-hybridized carbons (Fsp3) is 0.500. The summed E-state index contributed by atoms with van der Waals surface area (Å²) in [5, 5.41) is 0. The van der Waals surface area contributed by atoms with Gasteiger partial charge in [-0.25, -0.2) is 14.4 Å². The first kappa shape index (κ1) is 18.4. The van der Waals surface area contributed by atoms with Crippen LogP contribution in [0.1, 0.15) is 25.6 Å². The number of hydrogen-bond donors (Lipinski definition) is 0. The molecule has 0 N–H and O–H groups in total. The third kappa shape index (κ3) is 4.42. The van der Waals surface area contributed by atoms with Crippen LogP contribution in [-0.4, -0.2) is 49.7 Å². The maximum atomic E-state index is 13.1. The van der Waals surface area contributed by atoms with E-state index in [1.807, 2.05) is 19.1 Å². The van der Waals surface area contributed by atoms with Crippen LogP contribution in [0.25, 0.3) is 0 Å². The summed E-state index contributed by atoms with van der Waals surface area (Å²) in [5.41, 5.74) is 1.07. The smallest absolute Gasteiger partial charge is 0.134 e. The first-order chi connectivity index (χ1) is 12.6. The van der Waals surface area contributed by atoms with Gasteiger partial charge in [0.15, 0.2) is 0 Å². The minimum absolute atomic E-state index is 0.191. The van der Waals surface area contributed by atoms with E-state index in [1.165, 1.54) is 18.6 Å². The summed E-state index contributed by atoms with van der Waals surface area (Å²) in [7, 11) is 2.09. The molecule has 26 heavy (non-hydrogen) atoms. The number of nitrogens with zero attached hydrogens (tertiary/aromatic N) is 5. The molecule has 2 aromatic rings. The maximum Gasteiger partial charge on any atom is 0.134 e. The first-order valence-electron chi connectivity index (χ1n) is 9.39. The van der Waals surface area contributed by atoms with Crippen LogP contribution in [-0.2, 0) is 0 Å². The molecule has 0 aliphatic carbocycles. The molecular weight excluding hydrogens is 329 g/mol. The van der Waals surface area contributed by atoms with Crippen LogP contribution < -0.4 is 14.7 Å². The summed E-state index contributed by atoms with van der Waals surface area (Å²) in [6.07, 6.45) is 2.33. The number of benzene rings is 1. The van der Waals surface area contributed by atoms with E-state index < -0.39 is 0 Å². The minimum Gasteiger partial charge on any atom is -0.368 e. The van der Waals surface area contributed by atoms with Crippen molar-refractivity contribution in [3.05, 3.63) is 42.0 Å². The molecule has 0 saturated carbocycles. The van der Waals surface area contributed by atoms with Gasteiger partial charge in [0, 0.05) is 51.5 Å². The minimum atomic E-state index is -0.191. The highest BCUT2D eigenvalue weighted by Gasteiger charge is 2.20. The zero-order chi connectivity index (χ0) is 18.5. The van der Waals surface area contributed by atoms with Crippen molar-refractivity contribution in [2.75, 3.05) is 54.5 Å². The number of rotatable bonds is 6. The van der Waals surface area contributed by atoms with Crippen LogP contribution in [0.2, 0.25) is 0 Å². The Labute approximate surface area is 155 Å². The van der Waals surface area contributed by atoms with E-state index in [0.29, 0.717) is 0 Å². The predicted molar refractivity (Wildman–Crippen MR) is 106 cm³/mol. The van der Waals surface area contributed by atoms with Crippen LogP contribution in [0, 0.1) is 12.7 Å². The van der Waals surface area contributed by atoms with Gasteiger partial charge in [0.1, 0.15) is 23.3 Å². The van der Waals surface area contributed by atoms with Crippen LogP contribution in [0.5, 0.6) is 0 Å². The third-order valence-corrected chi connectivity index (χ3v) is 4.84. The lowest BCUT2D eigenvalue weighted by atomic mass is 10.2. The summed E-state index contributed by atoms with van der Waals surface area (Å²) in [6.45, 7) is 8.74. The van der Waals surface area contributed by atoms with E-state index in [-0.39, 0.29) is 5.82 Å². The van der Waals surface area contributed by atoms with E-state index in [0.717, 1.165) is 62.3 Å². The van der Waals surface area contributed by atoms with Gasteiger partial charge in [0.25, 0.3) is 0 Å². The van der Waals surface area contributed by atoms with Crippen molar-refractivity contribution >= 4 is 17.3 Å². The highest BCUT2D eigenvalue weighted by atomic mass is 19.1. The third-order valence-electron chi connectivity index (χ3n) is 4.84. The Morgan fingerprint density at radius 1 is 1.04 bits per heavy atom. The zero-order valence-corrected chi connectivity index (χ0v) is 16.0. The Bertz CT molecular complexity index is 711. The van der Waals surface area contributed by atoms with Gasteiger partial charge < -0.3 is 14.7 Å². The lowest BCUT2D eigenvalue weighted by Crippen LogP contribution is -2.47. The quantitative estimate of drug-likeness (QED) is 0.791. The molecule has 1 aliphatic heterocycles. The van der Waals surface area contributed by atoms with Crippen molar-refractivity contribution in [1.29, 1.82) is 0 Å². The summed E-state index contributed by atoms with van der Waals surface area (Å²) in [4.78, 5) is 16.1. The second-order valence-electron chi connectivity index (χ2n) is 6.86. The molecule has 0 bridgehead atoms. The largest absolute Gasteiger partial charge is 0.368 e. The van der Waals surface area contributed by atoms with Crippen molar-refractivity contribution in [1.82, 2.24) is 9.97 Å². The molecular formula is C20H28FN5. The normalized spacial score (nSPS) is 14.6. The Kier molecular flexibility index (Phi) is 5.91. The molecule has 3 rings (SSSR count). The summed E-state index contributed by atoms with van der Waals surface area (Å²) >= 11 is 0. The summed E-state index contributed by atoms with van der Waals surface area (Å²) < 4.78 is 13.1. The summed E-state index contributed by atoms with van der Waals surface area (Å²) in [5.74, 6) is 2.60. The molecule has 0 atom stereocenters. The second-order valence-corrected chi connectivity index (χ2v) is 6.86. The molecule has 2 heterocycles. The van der Waals surface area contributed by atoms with Gasteiger partial charge in [-0.15, -0.1) is 0 Å². The Hall–Kier alpha value is -2.37. The van der Waals surface area contributed by atoms with Gasteiger partial charge in [-0.2, -0.15) is 0 Å². The van der Waals surface area contributed by atoms with Gasteiger partial charge in [-0.3, -0.25) is 0 Å². The van der Waals surface area contributed by atoms with Crippen molar-refractivity contribution in [3.63, 3.8) is 0 Å². The molecule has 0 unspecified atom stereocenters. The number of aromatic nitrogens is 2. The molecule has 0 spiro atoms. The van der Waals surface area contributed by atoms with Crippen molar-refractivity contribution in [3.8, 4) is 0 Å². The number of anilines is 3. The van der Waals surface area contributed by atoms with E-state index in [4.69, 9.17) is 0 Å². The molecule has 6 heteroatoms. The molecule has 0 amide bonds. The number of aryl methyl sites for hydroxylation is 1. The highest BCUT2D eigenvalue weighted by Crippen LogP contribution is 2.22. The molecule has 1 aromatic carbocycles. The standard InChI is InChI=1S/C20H28FN5/c1-4-5-10-24(3)19-15-20(23-16(2)22-19)26-13-11-25(12-14-26)18-8-6-17(21)7-9-18/h6-9,15H,4-5,10-14H2,1-3H3. The van der Waals surface area contributed by atoms with E-state index in [2.05, 4.69) is 44.7 Å². The van der Waals surface area contributed by atoms with E-state index >= 15 is 0 Å². The van der Waals surface area contributed by atoms with E-state index in [1.54, 1.807) is 0 Å². The van der Waals surface area contributed by atoms with Crippen LogP contribution in [0.4, 0.5) is 21.7 Å². The van der Waals surface area contributed by atoms with Gasteiger partial charge in [-0.05, 0) is 37.6 Å². The molecule has 1 aromatic heterocycles. The molecule has 1 fully saturated rings. The fourth-order valence-corrected chi connectivity index (χ4v) is 3.25. The Balaban J connectivity index is 1.67. The average Bonchev–Trinajstić information content (AvgIpc) is 2.66. The van der Waals surface area contributed by atoms with E-state index in [9.17, 15) is 4.39 Å². The number of piperazine rings is 1. The fourth-order valence-electron chi connectivity index (χ4n) is 3.25. The maximum absolute atomic E-state index is 13.1. The topological polar surface area (TPSA) is 35.5 Å². The van der Waals surface area contributed by atoms with Crippen LogP contribution in [0.3, 0.4) is 0 Å². The average molecular weight is 357 g/mol. The Morgan fingerprint density at radius 2 is 1.69 bits per heavy atom. The van der Waals surface area contributed by atoms with Gasteiger partial charge >= 0.3 is 0 Å². The van der Waals surface area contributed by atoms with Crippen molar-refractivity contribution in [2.24, 2.45) is 0 Å². The molecule has 0 radical (unpaired) electrons. The van der Waals surface area contributed by atoms with Gasteiger partial charge in [0.05, 0.1) is 0 Å². The van der Waals surface area contributed by atoms with Gasteiger partial charge in [0.2, 0.25) is 0 Å². The molecule has 1 aliphatic rings. The van der Waals surface area contributed by atoms with Gasteiger partial charge in [-0.1, -0.05) is 13.3 Å². The lowest BCUT2D eigenvalue weighted by molar-refractivity contribution is 0.624. The van der Waals surface area contributed by atoms with Crippen LogP contribution >= 0.6 is 0 Å². The lowest BCUT2D eigenvalue weighted by Gasteiger charge is -2.37. The number of halogens is 1. The SMILES string of the molecule is CCCCN(C)c1cc(N2CCN(c3ccc(F)cc3)CC2)nc(C)n1. The number of hydrogen-bond acceptors (Lipinski definition) is 5.